The van der Waals surface area contributed by atoms with Gasteiger partial charge in [0.25, 0.3) is 5.56 Å². The average molecular weight is 349 g/mol. The van der Waals surface area contributed by atoms with Crippen LogP contribution in [0.25, 0.3) is 16.7 Å². The van der Waals surface area contributed by atoms with E-state index in [1.54, 1.807) is 29.0 Å². The van der Waals surface area contributed by atoms with E-state index in [2.05, 4.69) is 20.9 Å². The fourth-order valence-electron chi connectivity index (χ4n) is 2.20. The number of carbonyl (C=O) groups is 1. The molecule has 0 aliphatic rings. The number of hydrogen-bond acceptors (Lipinski definition) is 3. The Bertz CT molecular complexity index is 909. The standard InChI is InChI=1S/C14H9BrN2O4/c15-7-1-3-8(4-2-7)17-6-5-9-11(17)12(18)10(14(20)21)13(19)16-9/h1-6H,(H,20,21)(H2,16,18,19). The molecule has 2 aromatic heterocycles. The maximum atomic E-state index is 11.7. The highest BCUT2D eigenvalue weighted by Gasteiger charge is 2.20. The minimum atomic E-state index is -1.47. The maximum absolute atomic E-state index is 11.7. The van der Waals surface area contributed by atoms with Gasteiger partial charge in [-0.3, -0.25) is 4.79 Å². The van der Waals surface area contributed by atoms with Crippen molar-refractivity contribution in [2.24, 2.45) is 0 Å². The van der Waals surface area contributed by atoms with Gasteiger partial charge in [0.1, 0.15) is 5.52 Å². The van der Waals surface area contributed by atoms with Gasteiger partial charge in [-0.15, -0.1) is 0 Å². The van der Waals surface area contributed by atoms with Crippen LogP contribution in [0.2, 0.25) is 0 Å². The molecule has 0 aliphatic carbocycles. The number of fused-ring (bicyclic) bond motifs is 1. The summed E-state index contributed by atoms with van der Waals surface area (Å²) in [5.41, 5.74) is -0.160. The molecule has 0 aliphatic heterocycles. The number of aromatic amines is 1. The van der Waals surface area contributed by atoms with Gasteiger partial charge in [-0.25, -0.2) is 4.79 Å². The van der Waals surface area contributed by atoms with Gasteiger partial charge >= 0.3 is 5.97 Å². The molecule has 3 aromatic rings. The number of carboxylic acid groups (broad SMARTS) is 1. The lowest BCUT2D eigenvalue weighted by molar-refractivity contribution is 0.0692. The van der Waals surface area contributed by atoms with E-state index in [0.29, 0.717) is 5.52 Å². The van der Waals surface area contributed by atoms with Crippen molar-refractivity contribution in [1.82, 2.24) is 9.55 Å². The van der Waals surface area contributed by atoms with Crippen LogP contribution in [0.4, 0.5) is 0 Å². The number of rotatable bonds is 2. The summed E-state index contributed by atoms with van der Waals surface area (Å²) >= 11 is 3.33. The lowest BCUT2D eigenvalue weighted by Crippen LogP contribution is -2.17. The fraction of sp³-hybridized carbons (Fsp3) is 0. The average Bonchev–Trinajstić information content (AvgIpc) is 2.83. The van der Waals surface area contributed by atoms with Crippen molar-refractivity contribution in [2.75, 3.05) is 0 Å². The molecule has 2 heterocycles. The molecule has 106 valence electrons. The van der Waals surface area contributed by atoms with E-state index >= 15 is 0 Å². The number of hydrogen-bond donors (Lipinski definition) is 3. The topological polar surface area (TPSA) is 95.3 Å². The molecular formula is C14H9BrN2O4. The normalized spacial score (nSPS) is 10.9. The van der Waals surface area contributed by atoms with Gasteiger partial charge < -0.3 is 19.8 Å². The second kappa shape index (κ2) is 4.78. The van der Waals surface area contributed by atoms with Crippen LogP contribution in [-0.2, 0) is 0 Å². The van der Waals surface area contributed by atoms with E-state index in [0.717, 1.165) is 10.2 Å². The quantitative estimate of drug-likeness (QED) is 0.662. The van der Waals surface area contributed by atoms with Gasteiger partial charge in [-0.2, -0.15) is 0 Å². The van der Waals surface area contributed by atoms with E-state index in [1.165, 1.54) is 0 Å². The second-order valence-electron chi connectivity index (χ2n) is 4.41. The third-order valence-corrected chi connectivity index (χ3v) is 3.67. The smallest absolute Gasteiger partial charge is 0.345 e. The molecule has 0 bridgehead atoms. The Morgan fingerprint density at radius 1 is 1.19 bits per heavy atom. The molecule has 0 radical (unpaired) electrons. The van der Waals surface area contributed by atoms with E-state index in [-0.39, 0.29) is 5.52 Å². The van der Waals surface area contributed by atoms with Crippen molar-refractivity contribution in [1.29, 1.82) is 0 Å². The summed E-state index contributed by atoms with van der Waals surface area (Å²) in [6.45, 7) is 0. The summed E-state index contributed by atoms with van der Waals surface area (Å²) in [7, 11) is 0. The van der Waals surface area contributed by atoms with Gasteiger partial charge in [0.05, 0.1) is 5.52 Å². The molecular weight excluding hydrogens is 340 g/mol. The summed E-state index contributed by atoms with van der Waals surface area (Å²) in [5.74, 6) is -2.02. The molecule has 0 atom stereocenters. The first-order chi connectivity index (χ1) is 9.99. The Kier molecular flexibility index (Phi) is 3.06. The van der Waals surface area contributed by atoms with Crippen molar-refractivity contribution in [3.63, 3.8) is 0 Å². The Hall–Kier alpha value is -2.54. The molecule has 0 amide bonds. The number of nitrogens with zero attached hydrogens (tertiary/aromatic N) is 1. The number of H-pyrrole nitrogens is 1. The Morgan fingerprint density at radius 2 is 1.86 bits per heavy atom. The first-order valence-corrected chi connectivity index (χ1v) is 6.74. The number of aromatic nitrogens is 2. The van der Waals surface area contributed by atoms with E-state index in [1.807, 2.05) is 12.1 Å². The van der Waals surface area contributed by atoms with Crippen LogP contribution in [0.3, 0.4) is 0 Å². The first-order valence-electron chi connectivity index (χ1n) is 5.94. The summed E-state index contributed by atoms with van der Waals surface area (Å²) in [6.07, 6.45) is 1.65. The number of carboxylic acids is 1. The minimum Gasteiger partial charge on any atom is -0.505 e. The molecule has 0 spiro atoms. The molecule has 0 unspecified atom stereocenters. The Morgan fingerprint density at radius 3 is 2.48 bits per heavy atom. The predicted molar refractivity (Wildman–Crippen MR) is 80.2 cm³/mol. The minimum absolute atomic E-state index is 0.245. The second-order valence-corrected chi connectivity index (χ2v) is 5.32. The molecule has 7 heteroatoms. The van der Waals surface area contributed by atoms with Crippen LogP contribution < -0.4 is 5.56 Å². The molecule has 6 nitrogen and oxygen atoms in total. The lowest BCUT2D eigenvalue weighted by atomic mass is 10.2. The van der Waals surface area contributed by atoms with Crippen molar-refractivity contribution >= 4 is 32.9 Å². The summed E-state index contributed by atoms with van der Waals surface area (Å²) in [6, 6.07) is 8.84. The van der Waals surface area contributed by atoms with Gasteiger partial charge in [0.2, 0.25) is 0 Å². The molecule has 3 rings (SSSR count). The van der Waals surface area contributed by atoms with Gasteiger partial charge in [0, 0.05) is 16.4 Å². The summed E-state index contributed by atoms with van der Waals surface area (Å²) in [4.78, 5) is 25.2. The third-order valence-electron chi connectivity index (χ3n) is 3.14. The van der Waals surface area contributed by atoms with Gasteiger partial charge in [-0.05, 0) is 30.3 Å². The van der Waals surface area contributed by atoms with E-state index in [4.69, 9.17) is 5.11 Å². The number of nitrogens with one attached hydrogen (secondary N) is 1. The lowest BCUT2D eigenvalue weighted by Gasteiger charge is -2.08. The Labute approximate surface area is 126 Å². The zero-order valence-corrected chi connectivity index (χ0v) is 12.1. The highest BCUT2D eigenvalue weighted by Crippen LogP contribution is 2.28. The van der Waals surface area contributed by atoms with Crippen LogP contribution in [0, 0.1) is 0 Å². The zero-order chi connectivity index (χ0) is 15.1. The summed E-state index contributed by atoms with van der Waals surface area (Å²) < 4.78 is 2.51. The van der Waals surface area contributed by atoms with Crippen LogP contribution >= 0.6 is 15.9 Å². The van der Waals surface area contributed by atoms with Gasteiger partial charge in [0.15, 0.2) is 11.3 Å². The van der Waals surface area contributed by atoms with E-state index in [9.17, 15) is 14.7 Å². The van der Waals surface area contributed by atoms with Crippen LogP contribution in [0.15, 0.2) is 45.8 Å². The van der Waals surface area contributed by atoms with Crippen molar-refractivity contribution in [3.8, 4) is 11.4 Å². The predicted octanol–water partition coefficient (Wildman–Crippen LogP) is 2.49. The molecule has 0 fully saturated rings. The number of aromatic hydroxyl groups is 1. The molecule has 1 aromatic carbocycles. The zero-order valence-electron chi connectivity index (χ0n) is 10.5. The molecule has 0 saturated carbocycles. The number of aromatic carboxylic acids is 1. The van der Waals surface area contributed by atoms with Crippen molar-refractivity contribution < 1.29 is 15.0 Å². The molecule has 3 N–H and O–H groups in total. The van der Waals surface area contributed by atoms with Crippen molar-refractivity contribution in [2.45, 2.75) is 0 Å². The number of halogens is 1. The third kappa shape index (κ3) is 2.11. The first kappa shape index (κ1) is 13.4. The summed E-state index contributed by atoms with van der Waals surface area (Å²) in [5, 5.41) is 19.2. The number of pyridine rings is 1. The molecule has 0 saturated heterocycles. The molecule has 21 heavy (non-hydrogen) atoms. The van der Waals surface area contributed by atoms with E-state index < -0.39 is 22.8 Å². The van der Waals surface area contributed by atoms with Gasteiger partial charge in [-0.1, -0.05) is 15.9 Å². The van der Waals surface area contributed by atoms with Crippen molar-refractivity contribution in [3.05, 3.63) is 56.9 Å². The maximum Gasteiger partial charge on any atom is 0.345 e. The fourth-order valence-corrected chi connectivity index (χ4v) is 2.47. The largest absolute Gasteiger partial charge is 0.505 e. The Balaban J connectivity index is 2.36. The van der Waals surface area contributed by atoms with Crippen LogP contribution in [0.5, 0.6) is 5.75 Å². The van der Waals surface area contributed by atoms with Crippen LogP contribution in [0.1, 0.15) is 10.4 Å². The highest BCUT2D eigenvalue weighted by atomic mass is 79.9. The SMILES string of the molecule is O=C(O)c1c(O)c2c(ccn2-c2ccc(Br)cc2)[nH]c1=O. The number of benzene rings is 1. The highest BCUT2D eigenvalue weighted by molar-refractivity contribution is 9.10. The monoisotopic (exact) mass is 348 g/mol. The van der Waals surface area contributed by atoms with Crippen LogP contribution in [-0.4, -0.2) is 25.7 Å².